The molecule has 0 aromatic rings. The molecule has 0 aliphatic carbocycles. The topological polar surface area (TPSA) is 95.9 Å². The van der Waals surface area contributed by atoms with E-state index in [1.54, 1.807) is 6.08 Å². The van der Waals surface area contributed by atoms with Crippen molar-refractivity contribution < 1.29 is 24.5 Å². The molecule has 0 aromatic heterocycles. The van der Waals surface area contributed by atoms with Gasteiger partial charge in [-0.05, 0) is 83.5 Å². The molecule has 3 N–H and O–H groups in total. The van der Waals surface area contributed by atoms with Gasteiger partial charge in [-0.3, -0.25) is 9.59 Å². The van der Waals surface area contributed by atoms with E-state index in [-0.39, 0.29) is 18.5 Å². The highest BCUT2D eigenvalue weighted by Crippen LogP contribution is 2.17. The van der Waals surface area contributed by atoms with E-state index in [9.17, 15) is 19.8 Å². The maximum atomic E-state index is 12.5. The van der Waals surface area contributed by atoms with E-state index >= 15 is 0 Å². The quantitative estimate of drug-likeness (QED) is 0.0321. The molecule has 6 nitrogen and oxygen atoms in total. The number of rotatable bonds is 58. The van der Waals surface area contributed by atoms with Gasteiger partial charge in [0.05, 0.1) is 25.4 Å². The average molecular weight is 997 g/mol. The van der Waals surface area contributed by atoms with Crippen LogP contribution in [0.15, 0.2) is 48.6 Å². The number of aliphatic hydroxyl groups excluding tert-OH is 2. The summed E-state index contributed by atoms with van der Waals surface area (Å²) in [6.07, 6.45) is 77.2. The van der Waals surface area contributed by atoms with Crippen LogP contribution >= 0.6 is 0 Å². The number of unbranched alkanes of at least 4 members (excludes halogenated alkanes) is 41. The van der Waals surface area contributed by atoms with Gasteiger partial charge in [0.2, 0.25) is 5.91 Å². The lowest BCUT2D eigenvalue weighted by molar-refractivity contribution is -0.143. The first-order chi connectivity index (χ1) is 35.0. The molecular formula is C65H121NO5. The largest absolute Gasteiger partial charge is 0.466 e. The minimum Gasteiger partial charge on any atom is -0.466 e. The summed E-state index contributed by atoms with van der Waals surface area (Å²) in [5.74, 6) is -0.0750. The van der Waals surface area contributed by atoms with Crippen LogP contribution in [0.2, 0.25) is 0 Å². The second-order valence-corrected chi connectivity index (χ2v) is 21.4. The summed E-state index contributed by atoms with van der Waals surface area (Å²) in [5, 5.41) is 23.2. The Morgan fingerprint density at radius 2 is 0.732 bits per heavy atom. The molecule has 0 aliphatic rings. The van der Waals surface area contributed by atoms with Crippen molar-refractivity contribution in [1.29, 1.82) is 0 Å². The zero-order valence-corrected chi connectivity index (χ0v) is 47.5. The van der Waals surface area contributed by atoms with Gasteiger partial charge in [0.1, 0.15) is 0 Å². The molecule has 71 heavy (non-hydrogen) atoms. The average Bonchev–Trinajstić information content (AvgIpc) is 3.37. The Hall–Kier alpha value is -2.18. The van der Waals surface area contributed by atoms with Crippen LogP contribution in [0, 0.1) is 0 Å². The van der Waals surface area contributed by atoms with Crippen LogP contribution in [-0.4, -0.2) is 47.4 Å². The number of amides is 1. The first-order valence-electron chi connectivity index (χ1n) is 31.4. The van der Waals surface area contributed by atoms with E-state index in [0.29, 0.717) is 19.4 Å². The van der Waals surface area contributed by atoms with Crippen LogP contribution in [0.4, 0.5) is 0 Å². The molecule has 2 atom stereocenters. The van der Waals surface area contributed by atoms with Crippen LogP contribution in [0.5, 0.6) is 0 Å². The van der Waals surface area contributed by atoms with Crippen molar-refractivity contribution in [3.63, 3.8) is 0 Å². The molecule has 0 radical (unpaired) electrons. The number of ether oxygens (including phenoxy) is 1. The summed E-state index contributed by atoms with van der Waals surface area (Å²) in [6, 6.07) is -0.632. The smallest absolute Gasteiger partial charge is 0.305 e. The highest BCUT2D eigenvalue weighted by Gasteiger charge is 2.18. The SMILES string of the molecule is CCC/C=C\C/C=C\CCCCCCCC(=O)OCCCCCCCCCCCCCC/C=C\CCCCCCCCCCC(=O)NC(CO)C(O)/C=C/CCCCCCCCCCCCCCCCC. The predicted molar refractivity (Wildman–Crippen MR) is 310 cm³/mol. The Labute approximate surface area is 442 Å². The van der Waals surface area contributed by atoms with E-state index in [1.807, 2.05) is 6.08 Å². The van der Waals surface area contributed by atoms with Crippen molar-refractivity contribution in [3.05, 3.63) is 48.6 Å². The van der Waals surface area contributed by atoms with Crippen LogP contribution in [0.25, 0.3) is 0 Å². The number of nitrogens with one attached hydrogen (secondary N) is 1. The normalized spacial score (nSPS) is 12.9. The van der Waals surface area contributed by atoms with Crippen molar-refractivity contribution in [2.45, 2.75) is 341 Å². The van der Waals surface area contributed by atoms with E-state index in [1.165, 1.54) is 250 Å². The van der Waals surface area contributed by atoms with Gasteiger partial charge in [-0.1, -0.05) is 281 Å². The number of carbonyl (C=O) groups is 2. The fraction of sp³-hybridized carbons (Fsp3) is 0.846. The minimum atomic E-state index is -0.848. The van der Waals surface area contributed by atoms with Gasteiger partial charge in [0.25, 0.3) is 0 Å². The first-order valence-corrected chi connectivity index (χ1v) is 31.4. The van der Waals surface area contributed by atoms with Crippen LogP contribution < -0.4 is 5.32 Å². The number of allylic oxidation sites excluding steroid dienone is 7. The molecule has 0 fully saturated rings. The highest BCUT2D eigenvalue weighted by atomic mass is 16.5. The number of carbonyl (C=O) groups excluding carboxylic acids is 2. The molecule has 0 rings (SSSR count). The van der Waals surface area contributed by atoms with Crippen LogP contribution in [0.3, 0.4) is 0 Å². The van der Waals surface area contributed by atoms with Crippen LogP contribution in [0.1, 0.15) is 328 Å². The monoisotopic (exact) mass is 996 g/mol. The Morgan fingerprint density at radius 3 is 1.14 bits per heavy atom. The number of hydrogen-bond acceptors (Lipinski definition) is 5. The molecule has 0 aromatic carbocycles. The lowest BCUT2D eigenvalue weighted by Gasteiger charge is -2.20. The second kappa shape index (κ2) is 60.4. The Bertz CT molecular complexity index is 1190. The molecule has 0 saturated carbocycles. The fourth-order valence-electron chi connectivity index (χ4n) is 9.49. The molecule has 0 saturated heterocycles. The van der Waals surface area contributed by atoms with E-state index in [4.69, 9.17) is 4.74 Å². The zero-order chi connectivity index (χ0) is 51.4. The second-order valence-electron chi connectivity index (χ2n) is 21.4. The molecular weight excluding hydrogens is 875 g/mol. The van der Waals surface area contributed by atoms with Gasteiger partial charge in [-0.2, -0.15) is 0 Å². The van der Waals surface area contributed by atoms with E-state index in [0.717, 1.165) is 51.4 Å². The lowest BCUT2D eigenvalue weighted by Crippen LogP contribution is -2.45. The maximum absolute atomic E-state index is 12.5. The molecule has 6 heteroatoms. The van der Waals surface area contributed by atoms with Gasteiger partial charge in [0, 0.05) is 12.8 Å². The molecule has 1 amide bonds. The summed E-state index contributed by atoms with van der Waals surface area (Å²) in [5.41, 5.74) is 0. The highest BCUT2D eigenvalue weighted by molar-refractivity contribution is 5.76. The summed E-state index contributed by atoms with van der Waals surface area (Å²) in [4.78, 5) is 24.5. The summed E-state index contributed by atoms with van der Waals surface area (Å²) in [6.45, 7) is 4.84. The van der Waals surface area contributed by atoms with Gasteiger partial charge < -0.3 is 20.3 Å². The number of aliphatic hydroxyl groups is 2. The summed E-state index contributed by atoms with van der Waals surface area (Å²) >= 11 is 0. The molecule has 0 spiro atoms. The van der Waals surface area contributed by atoms with Gasteiger partial charge >= 0.3 is 5.97 Å². The third-order valence-corrected chi connectivity index (χ3v) is 14.3. The van der Waals surface area contributed by atoms with Gasteiger partial charge in [0.15, 0.2) is 0 Å². The third kappa shape index (κ3) is 57.0. The third-order valence-electron chi connectivity index (χ3n) is 14.3. The van der Waals surface area contributed by atoms with Crippen molar-refractivity contribution in [2.24, 2.45) is 0 Å². The standard InChI is InChI=1S/C65H121NO5/c1-3-5-7-9-11-13-15-17-18-27-30-34-37-41-45-49-53-57-63(68)62(61-67)66-64(69)58-54-50-46-42-38-35-31-28-25-23-21-19-20-22-24-26-29-32-36-40-44-48-52-56-60-71-65(70)59-55-51-47-43-39-33-16-14-12-10-8-6-4-2/h8,10,14,16,21,23,53,57,62-63,67-68H,3-7,9,11-13,15,17-20,22,24-52,54-56,58-61H2,1-2H3,(H,66,69)/b10-8-,16-14-,23-21-,57-53+. The maximum Gasteiger partial charge on any atom is 0.305 e. The van der Waals surface area contributed by atoms with Gasteiger partial charge in [-0.25, -0.2) is 0 Å². The fourth-order valence-corrected chi connectivity index (χ4v) is 9.49. The minimum absolute atomic E-state index is 0.00363. The molecule has 0 aliphatic heterocycles. The Kier molecular flexibility index (Phi) is 58.5. The van der Waals surface area contributed by atoms with Crippen molar-refractivity contribution in [2.75, 3.05) is 13.2 Å². The molecule has 0 heterocycles. The van der Waals surface area contributed by atoms with E-state index < -0.39 is 12.1 Å². The Morgan fingerprint density at radius 1 is 0.394 bits per heavy atom. The number of hydrogen-bond donors (Lipinski definition) is 3. The number of esters is 1. The molecule has 0 bridgehead atoms. The van der Waals surface area contributed by atoms with Crippen LogP contribution in [-0.2, 0) is 14.3 Å². The summed E-state index contributed by atoms with van der Waals surface area (Å²) < 4.78 is 5.47. The predicted octanol–water partition coefficient (Wildman–Crippen LogP) is 19.7. The summed E-state index contributed by atoms with van der Waals surface area (Å²) in [7, 11) is 0. The lowest BCUT2D eigenvalue weighted by atomic mass is 10.0. The van der Waals surface area contributed by atoms with Gasteiger partial charge in [-0.15, -0.1) is 0 Å². The molecule has 416 valence electrons. The molecule has 2 unspecified atom stereocenters. The zero-order valence-electron chi connectivity index (χ0n) is 47.5. The first kappa shape index (κ1) is 68.8. The van der Waals surface area contributed by atoms with Crippen molar-refractivity contribution >= 4 is 11.9 Å². The van der Waals surface area contributed by atoms with Crippen molar-refractivity contribution in [1.82, 2.24) is 5.32 Å². The van der Waals surface area contributed by atoms with Crippen molar-refractivity contribution in [3.8, 4) is 0 Å². The van der Waals surface area contributed by atoms with E-state index in [2.05, 4.69) is 55.6 Å². The Balaban J connectivity index is 3.44.